The smallest absolute Gasteiger partial charge is 0.229 e. The number of nitrogens with one attached hydrogen (secondary N) is 1. The van der Waals surface area contributed by atoms with Gasteiger partial charge in [0.05, 0.1) is 11.6 Å². The van der Waals surface area contributed by atoms with E-state index < -0.39 is 5.92 Å². The number of carbonyl (C=O) groups excluding carboxylic acids is 2. The Morgan fingerprint density at radius 3 is 2.67 bits per heavy atom. The molecule has 1 saturated heterocycles. The van der Waals surface area contributed by atoms with Gasteiger partial charge in [-0.1, -0.05) is 54.1 Å². The summed E-state index contributed by atoms with van der Waals surface area (Å²) < 4.78 is 0. The Morgan fingerprint density at radius 2 is 1.81 bits per heavy atom. The molecule has 0 bridgehead atoms. The summed E-state index contributed by atoms with van der Waals surface area (Å²) in [6.45, 7) is 2.23. The molecule has 27 heavy (non-hydrogen) atoms. The first-order chi connectivity index (χ1) is 13.0. The van der Waals surface area contributed by atoms with E-state index in [1.165, 1.54) is 0 Å². The van der Waals surface area contributed by atoms with E-state index in [9.17, 15) is 9.59 Å². The standard InChI is InChI=1S/C22H19ClN2O2/c1-14-18(23)9-5-10-19(14)24-22(27)16-12-21(26)25(13-16)20-11-4-7-15-6-2-3-8-17(15)20/h2-11,16H,12-13H2,1H3,(H,24,27)/t16-/m1/s1. The highest BCUT2D eigenvalue weighted by Gasteiger charge is 2.35. The van der Waals surface area contributed by atoms with Gasteiger partial charge < -0.3 is 10.2 Å². The van der Waals surface area contributed by atoms with Crippen molar-refractivity contribution in [2.24, 2.45) is 5.92 Å². The summed E-state index contributed by atoms with van der Waals surface area (Å²) in [7, 11) is 0. The predicted octanol–water partition coefficient (Wildman–Crippen LogP) is 4.79. The molecule has 0 spiro atoms. The molecular formula is C22H19ClN2O2. The fourth-order valence-electron chi connectivity index (χ4n) is 3.54. The molecule has 0 aromatic heterocycles. The summed E-state index contributed by atoms with van der Waals surface area (Å²) in [4.78, 5) is 27.1. The molecule has 136 valence electrons. The average Bonchev–Trinajstić information content (AvgIpc) is 3.06. The van der Waals surface area contributed by atoms with Gasteiger partial charge in [-0.25, -0.2) is 0 Å². The monoisotopic (exact) mass is 378 g/mol. The lowest BCUT2D eigenvalue weighted by Crippen LogP contribution is -2.28. The van der Waals surface area contributed by atoms with Crippen molar-refractivity contribution in [3.8, 4) is 0 Å². The highest BCUT2D eigenvalue weighted by atomic mass is 35.5. The van der Waals surface area contributed by atoms with Gasteiger partial charge in [0.15, 0.2) is 0 Å². The van der Waals surface area contributed by atoms with Crippen molar-refractivity contribution in [1.29, 1.82) is 0 Å². The van der Waals surface area contributed by atoms with E-state index in [1.54, 1.807) is 17.0 Å². The molecule has 0 saturated carbocycles. The first-order valence-electron chi connectivity index (χ1n) is 8.88. The van der Waals surface area contributed by atoms with Crippen molar-refractivity contribution in [1.82, 2.24) is 0 Å². The first-order valence-corrected chi connectivity index (χ1v) is 9.26. The molecule has 0 aliphatic carbocycles. The van der Waals surface area contributed by atoms with Crippen molar-refractivity contribution in [3.63, 3.8) is 0 Å². The zero-order valence-electron chi connectivity index (χ0n) is 14.9. The molecule has 1 heterocycles. The number of anilines is 2. The minimum Gasteiger partial charge on any atom is -0.325 e. The van der Waals surface area contributed by atoms with Crippen LogP contribution in [-0.4, -0.2) is 18.4 Å². The maximum Gasteiger partial charge on any atom is 0.229 e. The minimum atomic E-state index is -0.394. The second-order valence-electron chi connectivity index (χ2n) is 6.81. The minimum absolute atomic E-state index is 0.0330. The number of nitrogens with zero attached hydrogens (tertiary/aromatic N) is 1. The van der Waals surface area contributed by atoms with Crippen LogP contribution in [0.25, 0.3) is 10.8 Å². The summed E-state index contributed by atoms with van der Waals surface area (Å²) in [5.74, 6) is -0.583. The number of benzene rings is 3. The number of hydrogen-bond donors (Lipinski definition) is 1. The van der Waals surface area contributed by atoms with E-state index in [1.807, 2.05) is 55.5 Å². The number of fused-ring (bicyclic) bond motifs is 1. The molecule has 4 nitrogen and oxygen atoms in total. The summed E-state index contributed by atoms with van der Waals surface area (Å²) in [6, 6.07) is 19.2. The molecular weight excluding hydrogens is 360 g/mol. The molecule has 1 fully saturated rings. The third-order valence-electron chi connectivity index (χ3n) is 5.08. The fourth-order valence-corrected chi connectivity index (χ4v) is 3.71. The van der Waals surface area contributed by atoms with Crippen molar-refractivity contribution >= 4 is 45.6 Å². The van der Waals surface area contributed by atoms with Crippen LogP contribution in [0.3, 0.4) is 0 Å². The van der Waals surface area contributed by atoms with Crippen molar-refractivity contribution in [2.75, 3.05) is 16.8 Å². The number of rotatable bonds is 3. The molecule has 3 aromatic carbocycles. The Bertz CT molecular complexity index is 1040. The lowest BCUT2D eigenvalue weighted by Gasteiger charge is -2.19. The molecule has 1 aliphatic heterocycles. The van der Waals surface area contributed by atoms with Gasteiger partial charge in [0, 0.05) is 29.1 Å². The predicted molar refractivity (Wildman–Crippen MR) is 109 cm³/mol. The van der Waals surface area contributed by atoms with Crippen LogP contribution in [0.4, 0.5) is 11.4 Å². The largest absolute Gasteiger partial charge is 0.325 e. The Balaban J connectivity index is 1.57. The molecule has 0 radical (unpaired) electrons. The van der Waals surface area contributed by atoms with Gasteiger partial charge in [0.1, 0.15) is 0 Å². The van der Waals surface area contributed by atoms with Gasteiger partial charge in [-0.05, 0) is 36.1 Å². The van der Waals surface area contributed by atoms with Crippen LogP contribution < -0.4 is 10.2 Å². The van der Waals surface area contributed by atoms with Crippen LogP contribution in [0.15, 0.2) is 60.7 Å². The van der Waals surface area contributed by atoms with Gasteiger partial charge >= 0.3 is 0 Å². The van der Waals surface area contributed by atoms with Crippen molar-refractivity contribution < 1.29 is 9.59 Å². The van der Waals surface area contributed by atoms with E-state index >= 15 is 0 Å². The number of halogens is 1. The first kappa shape index (κ1) is 17.6. The lowest BCUT2D eigenvalue weighted by molar-refractivity contribution is -0.122. The molecule has 3 aromatic rings. The zero-order chi connectivity index (χ0) is 19.0. The van der Waals surface area contributed by atoms with E-state index in [-0.39, 0.29) is 18.2 Å². The van der Waals surface area contributed by atoms with E-state index in [2.05, 4.69) is 5.32 Å². The van der Waals surface area contributed by atoms with Crippen molar-refractivity contribution in [2.45, 2.75) is 13.3 Å². The fraction of sp³-hybridized carbons (Fsp3) is 0.182. The second kappa shape index (κ2) is 7.05. The van der Waals surface area contributed by atoms with Gasteiger partial charge in [0.2, 0.25) is 11.8 Å². The molecule has 1 atom stereocenters. The van der Waals surface area contributed by atoms with Crippen molar-refractivity contribution in [3.05, 3.63) is 71.2 Å². The molecule has 1 N–H and O–H groups in total. The molecule has 0 unspecified atom stereocenters. The van der Waals surface area contributed by atoms with Gasteiger partial charge in [-0.15, -0.1) is 0 Å². The Hall–Kier alpha value is -2.85. The van der Waals surface area contributed by atoms with Gasteiger partial charge in [-0.2, -0.15) is 0 Å². The van der Waals surface area contributed by atoms with E-state index in [4.69, 9.17) is 11.6 Å². The molecule has 4 rings (SSSR count). The quantitative estimate of drug-likeness (QED) is 0.712. The van der Waals surface area contributed by atoms with Crippen LogP contribution in [-0.2, 0) is 9.59 Å². The van der Waals surface area contributed by atoms with Gasteiger partial charge in [0.25, 0.3) is 0 Å². The topological polar surface area (TPSA) is 49.4 Å². The summed E-state index contributed by atoms with van der Waals surface area (Å²) in [6.07, 6.45) is 0.203. The second-order valence-corrected chi connectivity index (χ2v) is 7.21. The Morgan fingerprint density at radius 1 is 1.07 bits per heavy atom. The summed E-state index contributed by atoms with van der Waals surface area (Å²) >= 11 is 6.13. The highest BCUT2D eigenvalue weighted by molar-refractivity contribution is 6.31. The normalized spacial score (nSPS) is 16.7. The van der Waals surface area contributed by atoms with Crippen LogP contribution in [0.2, 0.25) is 5.02 Å². The maximum atomic E-state index is 12.7. The summed E-state index contributed by atoms with van der Waals surface area (Å²) in [5, 5.41) is 5.61. The maximum absolute atomic E-state index is 12.7. The number of carbonyl (C=O) groups is 2. The third kappa shape index (κ3) is 3.28. The number of hydrogen-bond acceptors (Lipinski definition) is 2. The highest BCUT2D eigenvalue weighted by Crippen LogP contribution is 2.32. The van der Waals surface area contributed by atoms with Gasteiger partial charge in [-0.3, -0.25) is 9.59 Å². The average molecular weight is 379 g/mol. The zero-order valence-corrected chi connectivity index (χ0v) is 15.7. The van der Waals surface area contributed by atoms with E-state index in [0.29, 0.717) is 17.3 Å². The Kier molecular flexibility index (Phi) is 4.58. The van der Waals surface area contributed by atoms with E-state index in [0.717, 1.165) is 22.0 Å². The van der Waals surface area contributed by atoms with Crippen LogP contribution in [0.5, 0.6) is 0 Å². The molecule has 5 heteroatoms. The van der Waals surface area contributed by atoms with Crippen LogP contribution in [0.1, 0.15) is 12.0 Å². The molecule has 1 aliphatic rings. The lowest BCUT2D eigenvalue weighted by atomic mass is 10.1. The van der Waals surface area contributed by atoms with Crippen LogP contribution >= 0.6 is 11.6 Å². The summed E-state index contributed by atoms with van der Waals surface area (Å²) in [5.41, 5.74) is 2.36. The third-order valence-corrected chi connectivity index (χ3v) is 5.49. The molecule has 2 amide bonds. The SMILES string of the molecule is Cc1c(Cl)cccc1NC(=O)[C@@H]1CC(=O)N(c2cccc3ccccc23)C1. The number of amides is 2. The van der Waals surface area contributed by atoms with Crippen LogP contribution in [0, 0.1) is 12.8 Å². The Labute approximate surface area is 162 Å².